The standard InChI is InChI=1S/C12H10ClNO4S/c1-7(15)18-11-3-2-9-10(11)4-8(6-14)5-12(9)19(13,16)17/h4-5,11H,2-3H2,1H3. The lowest BCUT2D eigenvalue weighted by molar-refractivity contribution is -0.146. The van der Waals surface area contributed by atoms with Crippen LogP contribution in [-0.2, 0) is 25.0 Å². The summed E-state index contributed by atoms with van der Waals surface area (Å²) >= 11 is 0. The Balaban J connectivity index is 2.61. The van der Waals surface area contributed by atoms with Gasteiger partial charge in [-0.15, -0.1) is 0 Å². The van der Waals surface area contributed by atoms with Crippen LogP contribution in [0, 0.1) is 11.3 Å². The maximum atomic E-state index is 11.5. The van der Waals surface area contributed by atoms with Crippen molar-refractivity contribution in [3.8, 4) is 6.07 Å². The molecule has 0 aliphatic heterocycles. The summed E-state index contributed by atoms with van der Waals surface area (Å²) in [7, 11) is 1.45. The van der Waals surface area contributed by atoms with Gasteiger partial charge >= 0.3 is 5.97 Å². The molecule has 0 radical (unpaired) electrons. The maximum absolute atomic E-state index is 11.5. The first kappa shape index (κ1) is 13.8. The van der Waals surface area contributed by atoms with Crippen LogP contribution in [0.1, 0.15) is 36.1 Å². The molecular weight excluding hydrogens is 290 g/mol. The van der Waals surface area contributed by atoms with E-state index >= 15 is 0 Å². The summed E-state index contributed by atoms with van der Waals surface area (Å²) in [5.74, 6) is -0.449. The Bertz CT molecular complexity index is 690. The van der Waals surface area contributed by atoms with Crippen molar-refractivity contribution < 1.29 is 17.9 Å². The van der Waals surface area contributed by atoms with Gasteiger partial charge in [0.2, 0.25) is 0 Å². The zero-order chi connectivity index (χ0) is 14.2. The molecule has 100 valence electrons. The quantitative estimate of drug-likeness (QED) is 0.616. The smallest absolute Gasteiger partial charge is 0.303 e. The van der Waals surface area contributed by atoms with Gasteiger partial charge in [-0.05, 0) is 36.1 Å². The van der Waals surface area contributed by atoms with Gasteiger partial charge in [-0.1, -0.05) is 0 Å². The number of fused-ring (bicyclic) bond motifs is 1. The molecule has 0 saturated heterocycles. The number of carbonyl (C=O) groups excluding carboxylic acids is 1. The number of nitrogens with zero attached hydrogens (tertiary/aromatic N) is 1. The molecule has 0 N–H and O–H groups in total. The van der Waals surface area contributed by atoms with Crippen LogP contribution in [0.2, 0.25) is 0 Å². The van der Waals surface area contributed by atoms with Crippen molar-refractivity contribution in [2.45, 2.75) is 30.8 Å². The molecule has 0 heterocycles. The third-order valence-corrected chi connectivity index (χ3v) is 4.34. The Morgan fingerprint density at radius 2 is 2.21 bits per heavy atom. The van der Waals surface area contributed by atoms with Gasteiger partial charge < -0.3 is 4.74 Å². The molecule has 0 spiro atoms. The van der Waals surface area contributed by atoms with Crippen LogP contribution >= 0.6 is 10.7 Å². The number of nitriles is 1. The number of rotatable bonds is 2. The Morgan fingerprint density at radius 1 is 1.53 bits per heavy atom. The van der Waals surface area contributed by atoms with Gasteiger partial charge in [0.15, 0.2) is 0 Å². The van der Waals surface area contributed by atoms with Gasteiger partial charge in [0.1, 0.15) is 6.10 Å². The van der Waals surface area contributed by atoms with Crippen LogP contribution in [-0.4, -0.2) is 14.4 Å². The molecule has 1 aliphatic rings. The first-order valence-electron chi connectivity index (χ1n) is 5.51. The molecule has 0 amide bonds. The van der Waals surface area contributed by atoms with Crippen molar-refractivity contribution >= 4 is 25.7 Å². The Morgan fingerprint density at radius 3 is 2.74 bits per heavy atom. The van der Waals surface area contributed by atoms with E-state index in [1.807, 2.05) is 6.07 Å². The summed E-state index contributed by atoms with van der Waals surface area (Å²) in [5.41, 5.74) is 1.26. The van der Waals surface area contributed by atoms with Crippen molar-refractivity contribution in [2.24, 2.45) is 0 Å². The molecule has 2 rings (SSSR count). The maximum Gasteiger partial charge on any atom is 0.303 e. The highest BCUT2D eigenvalue weighted by atomic mass is 35.7. The third kappa shape index (κ3) is 2.72. The molecule has 0 aromatic heterocycles. The average molecular weight is 300 g/mol. The molecule has 7 heteroatoms. The van der Waals surface area contributed by atoms with Crippen LogP contribution in [0.4, 0.5) is 0 Å². The summed E-state index contributed by atoms with van der Waals surface area (Å²) in [5, 5.41) is 8.93. The Hall–Kier alpha value is -1.58. The number of hydrogen-bond donors (Lipinski definition) is 0. The predicted molar refractivity (Wildman–Crippen MR) is 67.0 cm³/mol. The van der Waals surface area contributed by atoms with Crippen LogP contribution in [0.5, 0.6) is 0 Å². The number of hydrogen-bond acceptors (Lipinski definition) is 5. The van der Waals surface area contributed by atoms with E-state index in [2.05, 4.69) is 0 Å². The topological polar surface area (TPSA) is 84.2 Å². The minimum absolute atomic E-state index is 0.0714. The number of halogens is 1. The SMILES string of the molecule is CC(=O)OC1CCc2c1cc(C#N)cc2S(=O)(=O)Cl. The summed E-state index contributed by atoms with van der Waals surface area (Å²) in [6, 6.07) is 4.67. The van der Waals surface area contributed by atoms with Crippen molar-refractivity contribution in [3.05, 3.63) is 28.8 Å². The van der Waals surface area contributed by atoms with Crippen molar-refractivity contribution in [1.29, 1.82) is 5.26 Å². The van der Waals surface area contributed by atoms with E-state index in [-0.39, 0.29) is 10.5 Å². The van der Waals surface area contributed by atoms with E-state index in [1.165, 1.54) is 13.0 Å². The van der Waals surface area contributed by atoms with Gasteiger partial charge in [0.05, 0.1) is 16.5 Å². The molecule has 0 bridgehead atoms. The molecule has 0 saturated carbocycles. The largest absolute Gasteiger partial charge is 0.458 e. The van der Waals surface area contributed by atoms with E-state index in [4.69, 9.17) is 20.7 Å². The molecule has 1 aliphatic carbocycles. The summed E-state index contributed by atoms with van der Waals surface area (Å²) in [6.45, 7) is 1.28. The number of esters is 1. The highest BCUT2D eigenvalue weighted by molar-refractivity contribution is 8.13. The number of ether oxygens (including phenoxy) is 1. The second kappa shape index (κ2) is 4.83. The third-order valence-electron chi connectivity index (χ3n) is 2.95. The molecule has 19 heavy (non-hydrogen) atoms. The lowest BCUT2D eigenvalue weighted by atomic mass is 10.1. The highest BCUT2D eigenvalue weighted by Gasteiger charge is 2.31. The van der Waals surface area contributed by atoms with Crippen molar-refractivity contribution in [1.82, 2.24) is 0 Å². The molecular formula is C12H10ClNO4S. The van der Waals surface area contributed by atoms with Crippen molar-refractivity contribution in [3.63, 3.8) is 0 Å². The summed E-state index contributed by atoms with van der Waals surface area (Å²) < 4.78 is 28.2. The van der Waals surface area contributed by atoms with Gasteiger partial charge in [-0.2, -0.15) is 5.26 Å². The van der Waals surface area contributed by atoms with Crippen LogP contribution in [0.25, 0.3) is 0 Å². The van der Waals surface area contributed by atoms with E-state index < -0.39 is 21.1 Å². The second-order valence-corrected chi connectivity index (χ2v) is 6.76. The number of benzene rings is 1. The van der Waals surface area contributed by atoms with E-state index in [1.54, 1.807) is 6.07 Å². The summed E-state index contributed by atoms with van der Waals surface area (Å²) in [4.78, 5) is 10.9. The fraction of sp³-hybridized carbons (Fsp3) is 0.333. The molecule has 5 nitrogen and oxygen atoms in total. The Labute approximate surface area is 115 Å². The molecule has 1 unspecified atom stereocenters. The minimum Gasteiger partial charge on any atom is -0.458 e. The van der Waals surface area contributed by atoms with Crippen LogP contribution < -0.4 is 0 Å². The van der Waals surface area contributed by atoms with Crippen LogP contribution in [0.3, 0.4) is 0 Å². The fourth-order valence-corrected chi connectivity index (χ4v) is 3.45. The fourth-order valence-electron chi connectivity index (χ4n) is 2.26. The predicted octanol–water partition coefficient (Wildman–Crippen LogP) is 2.04. The van der Waals surface area contributed by atoms with Gasteiger partial charge in [0.25, 0.3) is 9.05 Å². The first-order chi connectivity index (χ1) is 8.82. The van der Waals surface area contributed by atoms with E-state index in [9.17, 15) is 13.2 Å². The summed E-state index contributed by atoms with van der Waals surface area (Å²) in [6.07, 6.45) is 0.418. The Kier molecular flexibility index (Phi) is 3.52. The number of carbonyl (C=O) groups is 1. The monoisotopic (exact) mass is 299 g/mol. The zero-order valence-corrected chi connectivity index (χ0v) is 11.6. The van der Waals surface area contributed by atoms with E-state index in [0.29, 0.717) is 24.0 Å². The second-order valence-electron chi connectivity index (χ2n) is 4.23. The van der Waals surface area contributed by atoms with Gasteiger partial charge in [0, 0.05) is 17.6 Å². The van der Waals surface area contributed by atoms with Gasteiger partial charge in [-0.25, -0.2) is 8.42 Å². The minimum atomic E-state index is -3.93. The average Bonchev–Trinajstić information content (AvgIpc) is 2.69. The van der Waals surface area contributed by atoms with Gasteiger partial charge in [-0.3, -0.25) is 4.79 Å². The molecule has 1 aromatic carbocycles. The zero-order valence-electron chi connectivity index (χ0n) is 10.0. The normalized spacial score (nSPS) is 17.6. The van der Waals surface area contributed by atoms with Crippen LogP contribution in [0.15, 0.2) is 17.0 Å². The molecule has 0 fully saturated rings. The lowest BCUT2D eigenvalue weighted by Crippen LogP contribution is -2.06. The lowest BCUT2D eigenvalue weighted by Gasteiger charge is -2.12. The first-order valence-corrected chi connectivity index (χ1v) is 7.82. The van der Waals surface area contributed by atoms with E-state index in [0.717, 1.165) is 0 Å². The van der Waals surface area contributed by atoms with Crippen molar-refractivity contribution in [2.75, 3.05) is 0 Å². The molecule has 1 atom stereocenters. The highest BCUT2D eigenvalue weighted by Crippen LogP contribution is 2.39. The molecule has 1 aromatic rings.